The molecule has 2 heteroatoms. The lowest BCUT2D eigenvalue weighted by molar-refractivity contribution is 0.660. The first-order valence-electron chi connectivity index (χ1n) is 23.3. The molecule has 0 unspecified atom stereocenters. The van der Waals surface area contributed by atoms with E-state index in [0.717, 1.165) is 17.1 Å². The quantitative estimate of drug-likeness (QED) is 0.155. The Hall–Kier alpha value is -8.46. The van der Waals surface area contributed by atoms with Crippen molar-refractivity contribution in [2.24, 2.45) is 0 Å². The maximum atomic E-state index is 2.47. The smallest absolute Gasteiger partial charge is 0.0547 e. The summed E-state index contributed by atoms with van der Waals surface area (Å²) in [5, 5.41) is 7.50. The molecule has 12 aromatic rings. The lowest BCUT2D eigenvalue weighted by Gasteiger charge is -2.26. The van der Waals surface area contributed by atoms with Gasteiger partial charge in [0.1, 0.15) is 0 Å². The van der Waals surface area contributed by atoms with Crippen molar-refractivity contribution in [3.8, 4) is 50.2 Å². The largest absolute Gasteiger partial charge is 0.310 e. The van der Waals surface area contributed by atoms with Gasteiger partial charge in [-0.05, 0) is 138 Å². The molecule has 0 fully saturated rings. The second kappa shape index (κ2) is 15.3. The summed E-state index contributed by atoms with van der Waals surface area (Å²) in [5.41, 5.74) is 19.4. The van der Waals surface area contributed by atoms with Crippen LogP contribution in [-0.4, -0.2) is 4.57 Å². The van der Waals surface area contributed by atoms with Crippen molar-refractivity contribution in [1.29, 1.82) is 0 Å². The molecule has 1 aromatic heterocycles. The van der Waals surface area contributed by atoms with Crippen LogP contribution >= 0.6 is 0 Å². The number of rotatable bonds is 7. The van der Waals surface area contributed by atoms with E-state index in [2.05, 4.69) is 266 Å². The Morgan fingerprint density at radius 3 is 1.52 bits per heavy atom. The predicted octanol–water partition coefficient (Wildman–Crippen LogP) is 17.9. The predicted molar refractivity (Wildman–Crippen MR) is 284 cm³/mol. The van der Waals surface area contributed by atoms with Gasteiger partial charge < -0.3 is 9.47 Å². The second-order valence-corrected chi connectivity index (χ2v) is 18.5. The van der Waals surface area contributed by atoms with Gasteiger partial charge in [0.2, 0.25) is 0 Å². The Morgan fingerprint density at radius 2 is 0.836 bits per heavy atom. The van der Waals surface area contributed by atoms with E-state index in [9.17, 15) is 0 Å². The fourth-order valence-corrected chi connectivity index (χ4v) is 11.2. The molecule has 0 aliphatic heterocycles. The van der Waals surface area contributed by atoms with Crippen molar-refractivity contribution in [2.75, 3.05) is 4.90 Å². The fourth-order valence-electron chi connectivity index (χ4n) is 11.2. The van der Waals surface area contributed by atoms with Crippen molar-refractivity contribution >= 4 is 60.4 Å². The molecule has 1 heterocycles. The average Bonchev–Trinajstić information content (AvgIpc) is 3.84. The first kappa shape index (κ1) is 39.0. The standard InChI is InChI=1S/C65H46N2/c1-65(2)60-28-9-7-23-57(60)58-40-39-51(42-61(58)65)67-62-29-10-8-24-59(62)64-56(27-14-30-63(64)67)47-19-11-20-50(41-47)66(48-35-31-45(32-36-48)54-25-12-17-43-15-3-5-21-52(43)54)49-37-33-46(34-38-49)55-26-13-18-44-16-4-6-22-53(44)55/h3-42H,1-2H3. The molecule has 316 valence electrons. The number of fused-ring (bicyclic) bond motifs is 8. The lowest BCUT2D eigenvalue weighted by Crippen LogP contribution is -2.15. The van der Waals surface area contributed by atoms with Crippen molar-refractivity contribution in [1.82, 2.24) is 4.57 Å². The number of anilines is 3. The second-order valence-electron chi connectivity index (χ2n) is 18.5. The highest BCUT2D eigenvalue weighted by Gasteiger charge is 2.35. The van der Waals surface area contributed by atoms with Crippen LogP contribution in [0.4, 0.5) is 17.1 Å². The number of para-hydroxylation sites is 1. The molecular weight excluding hydrogens is 809 g/mol. The Bertz CT molecular complexity index is 3760. The molecule has 1 aliphatic rings. The molecule has 67 heavy (non-hydrogen) atoms. The summed E-state index contributed by atoms with van der Waals surface area (Å²) in [4.78, 5) is 2.40. The molecule has 0 amide bonds. The summed E-state index contributed by atoms with van der Waals surface area (Å²) in [6.45, 7) is 4.72. The molecule has 0 saturated heterocycles. The molecule has 0 spiro atoms. The third kappa shape index (κ3) is 6.25. The highest BCUT2D eigenvalue weighted by Crippen LogP contribution is 2.50. The molecule has 11 aromatic carbocycles. The summed E-state index contributed by atoms with van der Waals surface area (Å²) in [6, 6.07) is 89.4. The van der Waals surface area contributed by atoms with Crippen LogP contribution in [0.2, 0.25) is 0 Å². The summed E-state index contributed by atoms with van der Waals surface area (Å²) in [6.07, 6.45) is 0. The Morgan fingerprint density at radius 1 is 0.328 bits per heavy atom. The van der Waals surface area contributed by atoms with Gasteiger partial charge in [-0.1, -0.05) is 196 Å². The van der Waals surface area contributed by atoms with Crippen LogP contribution in [0.5, 0.6) is 0 Å². The van der Waals surface area contributed by atoms with E-state index >= 15 is 0 Å². The summed E-state index contributed by atoms with van der Waals surface area (Å²) >= 11 is 0. The van der Waals surface area contributed by atoms with E-state index in [0.29, 0.717) is 0 Å². The van der Waals surface area contributed by atoms with Crippen LogP contribution in [0.15, 0.2) is 243 Å². The van der Waals surface area contributed by atoms with Crippen molar-refractivity contribution in [3.63, 3.8) is 0 Å². The zero-order valence-electron chi connectivity index (χ0n) is 37.5. The van der Waals surface area contributed by atoms with Gasteiger partial charge in [0.15, 0.2) is 0 Å². The molecule has 0 N–H and O–H groups in total. The number of hydrogen-bond donors (Lipinski definition) is 0. The summed E-state index contributed by atoms with van der Waals surface area (Å²) in [5.74, 6) is 0. The van der Waals surface area contributed by atoms with E-state index in [1.54, 1.807) is 0 Å². The Balaban J connectivity index is 0.948. The Kier molecular flexibility index (Phi) is 8.91. The third-order valence-corrected chi connectivity index (χ3v) is 14.4. The first-order chi connectivity index (χ1) is 33.0. The maximum Gasteiger partial charge on any atom is 0.0547 e. The monoisotopic (exact) mass is 854 g/mol. The SMILES string of the molecule is CC1(C)c2ccccc2-c2ccc(-n3c4ccccc4c4c(-c5cccc(N(c6ccc(-c7cccc8ccccc78)cc6)c6ccc(-c7cccc8ccccc78)cc6)c5)cccc43)cc21. The van der Waals surface area contributed by atoms with Crippen LogP contribution in [0, 0.1) is 0 Å². The van der Waals surface area contributed by atoms with E-state index in [1.165, 1.54) is 105 Å². The molecule has 0 atom stereocenters. The fraction of sp³-hybridized carbons (Fsp3) is 0.0462. The maximum absolute atomic E-state index is 2.47. The summed E-state index contributed by atoms with van der Waals surface area (Å²) < 4.78 is 2.47. The number of hydrogen-bond acceptors (Lipinski definition) is 1. The van der Waals surface area contributed by atoms with E-state index in [-0.39, 0.29) is 5.41 Å². The molecule has 13 rings (SSSR count). The molecule has 0 radical (unpaired) electrons. The van der Waals surface area contributed by atoms with Gasteiger partial charge in [-0.25, -0.2) is 0 Å². The number of aromatic nitrogens is 1. The molecule has 0 bridgehead atoms. The normalized spacial score (nSPS) is 12.7. The third-order valence-electron chi connectivity index (χ3n) is 14.4. The molecular formula is C65H46N2. The van der Waals surface area contributed by atoms with Crippen LogP contribution in [0.3, 0.4) is 0 Å². The molecule has 1 aliphatic carbocycles. The van der Waals surface area contributed by atoms with Gasteiger partial charge in [-0.15, -0.1) is 0 Å². The van der Waals surface area contributed by atoms with Crippen molar-refractivity contribution in [2.45, 2.75) is 19.3 Å². The van der Waals surface area contributed by atoms with Crippen LogP contribution in [0.25, 0.3) is 93.5 Å². The van der Waals surface area contributed by atoms with E-state index in [1.807, 2.05) is 0 Å². The molecule has 0 saturated carbocycles. The van der Waals surface area contributed by atoms with Gasteiger partial charge in [0.25, 0.3) is 0 Å². The first-order valence-corrected chi connectivity index (χ1v) is 23.3. The Labute approximate surface area is 391 Å². The van der Waals surface area contributed by atoms with Gasteiger partial charge >= 0.3 is 0 Å². The minimum Gasteiger partial charge on any atom is -0.310 e. The van der Waals surface area contributed by atoms with Crippen molar-refractivity contribution in [3.05, 3.63) is 254 Å². The van der Waals surface area contributed by atoms with Crippen LogP contribution in [-0.2, 0) is 5.41 Å². The van der Waals surface area contributed by atoms with Crippen LogP contribution in [0.1, 0.15) is 25.0 Å². The van der Waals surface area contributed by atoms with E-state index in [4.69, 9.17) is 0 Å². The number of nitrogens with zero attached hydrogens (tertiary/aromatic N) is 2. The topological polar surface area (TPSA) is 8.17 Å². The lowest BCUT2D eigenvalue weighted by atomic mass is 9.82. The van der Waals surface area contributed by atoms with Crippen LogP contribution < -0.4 is 4.90 Å². The minimum atomic E-state index is -0.0926. The number of benzene rings is 11. The summed E-state index contributed by atoms with van der Waals surface area (Å²) in [7, 11) is 0. The van der Waals surface area contributed by atoms with Gasteiger partial charge in [0.05, 0.1) is 11.0 Å². The van der Waals surface area contributed by atoms with E-state index < -0.39 is 0 Å². The zero-order valence-corrected chi connectivity index (χ0v) is 37.5. The zero-order chi connectivity index (χ0) is 44.6. The van der Waals surface area contributed by atoms with Gasteiger partial charge in [-0.2, -0.15) is 0 Å². The van der Waals surface area contributed by atoms with Gasteiger partial charge in [-0.3, -0.25) is 0 Å². The minimum absolute atomic E-state index is 0.0926. The van der Waals surface area contributed by atoms with Crippen molar-refractivity contribution < 1.29 is 0 Å². The van der Waals surface area contributed by atoms with Gasteiger partial charge in [0, 0.05) is 38.9 Å². The highest BCUT2D eigenvalue weighted by atomic mass is 15.1. The average molecular weight is 855 g/mol. The highest BCUT2D eigenvalue weighted by molar-refractivity contribution is 6.16. The molecule has 2 nitrogen and oxygen atoms in total.